The maximum absolute atomic E-state index is 10.4. The average Bonchev–Trinajstić information content (AvgIpc) is 2.93. The van der Waals surface area contributed by atoms with Crippen molar-refractivity contribution in [1.29, 1.82) is 0 Å². The van der Waals surface area contributed by atoms with Gasteiger partial charge in [-0.25, -0.2) is 0 Å². The van der Waals surface area contributed by atoms with E-state index in [2.05, 4.69) is 15.9 Å². The molecule has 0 radical (unpaired) electrons. The summed E-state index contributed by atoms with van der Waals surface area (Å²) in [4.78, 5) is 12.6. The van der Waals surface area contributed by atoms with Gasteiger partial charge in [0, 0.05) is 16.7 Å². The lowest BCUT2D eigenvalue weighted by atomic mass is 10.3. The number of hydrogen-bond acceptors (Lipinski definition) is 5. The van der Waals surface area contributed by atoms with Crippen LogP contribution in [0.3, 0.4) is 0 Å². The van der Waals surface area contributed by atoms with E-state index in [1.54, 1.807) is 22.7 Å². The number of carbonyl (C=O) groups excluding carboxylic acids is 1. The molecule has 2 rings (SSSR count). The molecule has 1 N–H and O–H groups in total. The maximum atomic E-state index is 10.4. The zero-order valence-electron chi connectivity index (χ0n) is 11.6. The molecule has 2 heterocycles. The van der Waals surface area contributed by atoms with Gasteiger partial charge in [-0.15, -0.1) is 22.7 Å². The van der Waals surface area contributed by atoms with Gasteiger partial charge in [-0.3, -0.25) is 4.79 Å². The van der Waals surface area contributed by atoms with Crippen molar-refractivity contribution in [2.24, 2.45) is 0 Å². The molecule has 21 heavy (non-hydrogen) atoms. The van der Waals surface area contributed by atoms with Gasteiger partial charge >= 0.3 is 5.97 Å². The van der Waals surface area contributed by atoms with E-state index < -0.39 is 0 Å². The highest BCUT2D eigenvalue weighted by Crippen LogP contribution is 2.26. The van der Waals surface area contributed by atoms with Crippen LogP contribution in [-0.2, 0) is 22.7 Å². The van der Waals surface area contributed by atoms with Gasteiger partial charge in [-0.2, -0.15) is 0 Å². The fourth-order valence-corrected chi connectivity index (χ4v) is 3.86. The highest BCUT2D eigenvalue weighted by Gasteiger charge is 2.01. The molecule has 2 aromatic heterocycles. The van der Waals surface area contributed by atoms with Crippen LogP contribution in [0.5, 0.6) is 0 Å². The van der Waals surface area contributed by atoms with Crippen molar-refractivity contribution in [1.82, 2.24) is 0 Å². The Morgan fingerprint density at radius 3 is 2.33 bits per heavy atom. The lowest BCUT2D eigenvalue weighted by Gasteiger charge is -1.99. The molecule has 0 aliphatic heterocycles. The summed E-state index contributed by atoms with van der Waals surface area (Å²) in [6.45, 7) is 5.99. The van der Waals surface area contributed by atoms with Gasteiger partial charge in [0.2, 0.25) is 0 Å². The number of hydrogen-bond donors (Lipinski definition) is 1. The van der Waals surface area contributed by atoms with E-state index in [1.807, 2.05) is 31.4 Å². The maximum Gasteiger partial charge on any atom is 0.302 e. The van der Waals surface area contributed by atoms with E-state index in [0.29, 0.717) is 6.61 Å². The fraction of sp³-hybridized carbons (Fsp3) is 0.400. The molecule has 6 heteroatoms. The summed E-state index contributed by atoms with van der Waals surface area (Å²) in [6.07, 6.45) is 0. The number of ether oxygens (including phenoxy) is 1. The number of halogens is 1. The van der Waals surface area contributed by atoms with Gasteiger partial charge < -0.3 is 9.84 Å². The summed E-state index contributed by atoms with van der Waals surface area (Å²) in [5, 5.41) is 10.7. The largest absolute Gasteiger partial charge is 0.460 e. The second kappa shape index (κ2) is 10.1. The summed E-state index contributed by atoms with van der Waals surface area (Å²) < 4.78 is 5.93. The Hall–Kier alpha value is -0.690. The smallest absolute Gasteiger partial charge is 0.302 e. The summed E-state index contributed by atoms with van der Waals surface area (Å²) >= 11 is 6.53. The molecule has 0 bridgehead atoms. The number of aliphatic hydroxyl groups is 1. The van der Waals surface area contributed by atoms with E-state index in [4.69, 9.17) is 9.84 Å². The van der Waals surface area contributed by atoms with E-state index in [9.17, 15) is 4.79 Å². The molecule has 0 aliphatic carbocycles. The highest BCUT2D eigenvalue weighted by molar-refractivity contribution is 9.11. The number of carbonyl (C=O) groups is 1. The minimum Gasteiger partial charge on any atom is -0.460 e. The number of rotatable bonds is 3. The van der Waals surface area contributed by atoms with E-state index in [-0.39, 0.29) is 20.0 Å². The molecule has 3 nitrogen and oxygen atoms in total. The van der Waals surface area contributed by atoms with Crippen LogP contribution >= 0.6 is 38.6 Å². The molecule has 0 unspecified atom stereocenters. The summed E-state index contributed by atoms with van der Waals surface area (Å²) in [5.41, 5.74) is 2.35. The van der Waals surface area contributed by atoms with Crippen LogP contribution in [0.25, 0.3) is 0 Å². The molecule has 118 valence electrons. The zero-order valence-corrected chi connectivity index (χ0v) is 14.8. The molecule has 0 atom stereocenters. The van der Waals surface area contributed by atoms with Crippen LogP contribution in [0.15, 0.2) is 21.3 Å². The normalized spacial score (nSPS) is 9.38. The first-order valence-corrected chi connectivity index (χ1v) is 8.45. The van der Waals surface area contributed by atoms with Gasteiger partial charge in [0.05, 0.1) is 10.4 Å². The standard InChI is InChI=1S/C8H10O2S.C6H7BrOS.CH4/c1-6-3-4-11-8(6)5-10-7(2)9;1-4-2-6(7)9-5(4)3-8;/h3-4H,5H2,1-2H3;2,8H,3H2,1H3;1H4. The van der Waals surface area contributed by atoms with Crippen molar-refractivity contribution in [3.05, 3.63) is 42.2 Å². The lowest BCUT2D eigenvalue weighted by Crippen LogP contribution is -1.97. The Morgan fingerprint density at radius 2 is 2.00 bits per heavy atom. The first kappa shape index (κ1) is 20.3. The number of thiophene rings is 2. The van der Waals surface area contributed by atoms with Gasteiger partial charge in [0.1, 0.15) is 6.61 Å². The van der Waals surface area contributed by atoms with Crippen molar-refractivity contribution in [3.63, 3.8) is 0 Å². The van der Waals surface area contributed by atoms with E-state index >= 15 is 0 Å². The first-order valence-electron chi connectivity index (χ1n) is 5.96. The van der Waals surface area contributed by atoms with Crippen LogP contribution in [0.2, 0.25) is 0 Å². The fourth-order valence-electron chi connectivity index (χ4n) is 1.35. The summed E-state index contributed by atoms with van der Waals surface area (Å²) in [7, 11) is 0. The third-order valence-electron chi connectivity index (χ3n) is 2.51. The van der Waals surface area contributed by atoms with E-state index in [1.165, 1.54) is 12.5 Å². The van der Waals surface area contributed by atoms with Crippen LogP contribution in [0, 0.1) is 13.8 Å². The molecule has 0 aliphatic rings. The third-order valence-corrected chi connectivity index (χ3v) is 5.23. The monoisotopic (exact) mass is 392 g/mol. The molecule has 0 saturated heterocycles. The highest BCUT2D eigenvalue weighted by atomic mass is 79.9. The van der Waals surface area contributed by atoms with Crippen LogP contribution < -0.4 is 0 Å². The molecular weight excluding hydrogens is 372 g/mol. The minimum atomic E-state index is -0.224. The van der Waals surface area contributed by atoms with Gasteiger partial charge in [-0.1, -0.05) is 7.43 Å². The van der Waals surface area contributed by atoms with Gasteiger partial charge in [0.15, 0.2) is 0 Å². The second-order valence-electron chi connectivity index (χ2n) is 4.12. The minimum absolute atomic E-state index is 0. The Bertz CT molecular complexity index is 561. The molecule has 0 spiro atoms. The van der Waals surface area contributed by atoms with Crippen LogP contribution in [0.4, 0.5) is 0 Å². The number of aryl methyl sites for hydroxylation is 2. The second-order valence-corrected chi connectivity index (χ2v) is 7.64. The van der Waals surface area contributed by atoms with Crippen LogP contribution in [-0.4, -0.2) is 11.1 Å². The Labute approximate surface area is 142 Å². The van der Waals surface area contributed by atoms with Crippen molar-refractivity contribution in [2.45, 2.75) is 41.4 Å². The Kier molecular flexibility index (Phi) is 9.77. The molecule has 0 saturated carbocycles. The van der Waals surface area contributed by atoms with Gasteiger partial charge in [0.25, 0.3) is 0 Å². The molecule has 0 aromatic carbocycles. The SMILES string of the molecule is C.CC(=O)OCc1sccc1C.Cc1cc(Br)sc1CO. The first-order chi connectivity index (χ1) is 9.43. The third kappa shape index (κ3) is 7.22. The Morgan fingerprint density at radius 1 is 1.33 bits per heavy atom. The topological polar surface area (TPSA) is 46.5 Å². The van der Waals surface area contributed by atoms with Gasteiger partial charge in [-0.05, 0) is 58.4 Å². The number of esters is 1. The number of aliphatic hydroxyl groups excluding tert-OH is 1. The predicted molar refractivity (Wildman–Crippen MR) is 93.9 cm³/mol. The van der Waals surface area contributed by atoms with Crippen molar-refractivity contribution in [3.8, 4) is 0 Å². The predicted octanol–water partition coefficient (Wildman–Crippen LogP) is 5.07. The van der Waals surface area contributed by atoms with Crippen molar-refractivity contribution >= 4 is 44.6 Å². The average molecular weight is 393 g/mol. The molecular formula is C15H21BrO3S2. The van der Waals surface area contributed by atoms with Crippen molar-refractivity contribution < 1.29 is 14.6 Å². The quantitative estimate of drug-likeness (QED) is 0.741. The molecule has 0 amide bonds. The van der Waals surface area contributed by atoms with Crippen molar-refractivity contribution in [2.75, 3.05) is 0 Å². The van der Waals surface area contributed by atoms with Crippen LogP contribution in [0.1, 0.15) is 35.2 Å². The zero-order chi connectivity index (χ0) is 15.1. The lowest BCUT2D eigenvalue weighted by molar-refractivity contribution is -0.142. The summed E-state index contributed by atoms with van der Waals surface area (Å²) in [6, 6.07) is 4.03. The molecule has 0 fully saturated rings. The van der Waals surface area contributed by atoms with E-state index in [0.717, 1.165) is 19.1 Å². The Balaban J connectivity index is 0.000000370. The molecule has 2 aromatic rings. The summed E-state index contributed by atoms with van der Waals surface area (Å²) in [5.74, 6) is -0.224.